The molecule has 25 heavy (non-hydrogen) atoms. The zero-order valence-electron chi connectivity index (χ0n) is 14.2. The Morgan fingerprint density at radius 1 is 1.44 bits per heavy atom. The fourth-order valence-electron chi connectivity index (χ4n) is 2.31. The van der Waals surface area contributed by atoms with Crippen molar-refractivity contribution in [3.63, 3.8) is 0 Å². The number of carbonyl (C=O) groups excluding carboxylic acids is 2. The van der Waals surface area contributed by atoms with Gasteiger partial charge in [-0.15, -0.1) is 0 Å². The fourth-order valence-corrected chi connectivity index (χ4v) is 2.31. The number of furan rings is 1. The molecular formula is C15H19N5O5. The largest absolute Gasteiger partial charge is 0.467 e. The van der Waals surface area contributed by atoms with Crippen LogP contribution in [0.4, 0.5) is 5.69 Å². The number of likely N-dealkylation sites (N-methyl/N-ethyl adjacent to an activating group) is 1. The molecule has 2 amide bonds. The highest BCUT2D eigenvalue weighted by Crippen LogP contribution is 2.21. The third-order valence-electron chi connectivity index (χ3n) is 3.66. The number of nitro groups is 1. The summed E-state index contributed by atoms with van der Waals surface area (Å²) >= 11 is 0. The highest BCUT2D eigenvalue weighted by Gasteiger charge is 2.23. The van der Waals surface area contributed by atoms with Crippen LogP contribution in [0.1, 0.15) is 17.1 Å². The predicted octanol–water partition coefficient (Wildman–Crippen LogP) is 0.776. The monoisotopic (exact) mass is 349 g/mol. The minimum absolute atomic E-state index is 0.105. The van der Waals surface area contributed by atoms with E-state index < -0.39 is 4.92 Å². The molecule has 0 aliphatic rings. The first-order valence-corrected chi connectivity index (χ1v) is 7.51. The van der Waals surface area contributed by atoms with E-state index in [2.05, 4.69) is 10.4 Å². The SMILES string of the molecule is Cc1nn(CC(=O)N(C)CC(=O)NCc2ccco2)c(C)c1[N+](=O)[O-]. The van der Waals surface area contributed by atoms with E-state index in [1.807, 2.05) is 0 Å². The van der Waals surface area contributed by atoms with Crippen LogP contribution in [0, 0.1) is 24.0 Å². The lowest BCUT2D eigenvalue weighted by Crippen LogP contribution is -2.39. The van der Waals surface area contributed by atoms with Crippen LogP contribution >= 0.6 is 0 Å². The molecule has 0 atom stereocenters. The number of rotatable bonds is 7. The molecule has 0 spiro atoms. The second kappa shape index (κ2) is 7.60. The van der Waals surface area contributed by atoms with Gasteiger partial charge in [-0.3, -0.25) is 24.4 Å². The van der Waals surface area contributed by atoms with E-state index in [1.54, 1.807) is 12.1 Å². The fraction of sp³-hybridized carbons (Fsp3) is 0.400. The normalized spacial score (nSPS) is 10.5. The van der Waals surface area contributed by atoms with Gasteiger partial charge < -0.3 is 14.6 Å². The molecule has 0 saturated carbocycles. The molecule has 134 valence electrons. The molecule has 0 fully saturated rings. The van der Waals surface area contributed by atoms with E-state index in [0.29, 0.717) is 11.5 Å². The third-order valence-corrected chi connectivity index (χ3v) is 3.66. The van der Waals surface area contributed by atoms with Gasteiger partial charge in [0.1, 0.15) is 23.7 Å². The Balaban J connectivity index is 1.91. The van der Waals surface area contributed by atoms with E-state index in [9.17, 15) is 19.7 Å². The number of aryl methyl sites for hydroxylation is 1. The molecule has 2 aromatic rings. The van der Waals surface area contributed by atoms with Crippen LogP contribution in [-0.4, -0.2) is 45.0 Å². The van der Waals surface area contributed by atoms with E-state index in [0.717, 1.165) is 0 Å². The zero-order chi connectivity index (χ0) is 18.6. The number of amides is 2. The van der Waals surface area contributed by atoms with Gasteiger partial charge in [-0.25, -0.2) is 0 Å². The van der Waals surface area contributed by atoms with Crippen molar-refractivity contribution in [1.29, 1.82) is 0 Å². The first-order chi connectivity index (χ1) is 11.8. The number of aromatic nitrogens is 2. The Hall–Kier alpha value is -3.17. The van der Waals surface area contributed by atoms with Crippen molar-refractivity contribution >= 4 is 17.5 Å². The Bertz CT molecular complexity index is 781. The molecule has 0 unspecified atom stereocenters. The molecule has 0 bridgehead atoms. The summed E-state index contributed by atoms with van der Waals surface area (Å²) in [5.41, 5.74) is 0.437. The van der Waals surface area contributed by atoms with Crippen molar-refractivity contribution in [3.8, 4) is 0 Å². The Morgan fingerprint density at radius 2 is 2.16 bits per heavy atom. The van der Waals surface area contributed by atoms with Crippen LogP contribution in [0.15, 0.2) is 22.8 Å². The molecule has 10 heteroatoms. The molecule has 0 aliphatic carbocycles. The minimum Gasteiger partial charge on any atom is -0.467 e. The molecule has 10 nitrogen and oxygen atoms in total. The summed E-state index contributed by atoms with van der Waals surface area (Å²) in [5, 5.41) is 17.6. The van der Waals surface area contributed by atoms with E-state index in [1.165, 1.54) is 36.7 Å². The summed E-state index contributed by atoms with van der Waals surface area (Å²) in [4.78, 5) is 35.8. The number of hydrogen-bond donors (Lipinski definition) is 1. The molecule has 2 rings (SSSR count). The van der Waals surface area contributed by atoms with Gasteiger partial charge >= 0.3 is 5.69 Å². The van der Waals surface area contributed by atoms with Crippen LogP contribution in [0.5, 0.6) is 0 Å². The lowest BCUT2D eigenvalue weighted by atomic mass is 10.3. The summed E-state index contributed by atoms with van der Waals surface area (Å²) in [7, 11) is 1.48. The quantitative estimate of drug-likeness (QED) is 0.582. The summed E-state index contributed by atoms with van der Waals surface area (Å²) in [6.07, 6.45) is 1.50. The average Bonchev–Trinajstić information content (AvgIpc) is 3.13. The summed E-state index contributed by atoms with van der Waals surface area (Å²) in [6.45, 7) is 2.96. The van der Waals surface area contributed by atoms with E-state index >= 15 is 0 Å². The van der Waals surface area contributed by atoms with Crippen molar-refractivity contribution in [1.82, 2.24) is 20.0 Å². The molecule has 2 heterocycles. The molecular weight excluding hydrogens is 330 g/mol. The zero-order valence-corrected chi connectivity index (χ0v) is 14.2. The van der Waals surface area contributed by atoms with Crippen LogP contribution in [0.25, 0.3) is 0 Å². The number of nitrogens with zero attached hydrogens (tertiary/aromatic N) is 4. The van der Waals surface area contributed by atoms with Crippen LogP contribution in [0.2, 0.25) is 0 Å². The first-order valence-electron chi connectivity index (χ1n) is 7.51. The van der Waals surface area contributed by atoms with Crippen molar-refractivity contribution < 1.29 is 18.9 Å². The van der Waals surface area contributed by atoms with Gasteiger partial charge in [-0.05, 0) is 26.0 Å². The maximum Gasteiger partial charge on any atom is 0.312 e. The average molecular weight is 349 g/mol. The van der Waals surface area contributed by atoms with Gasteiger partial charge in [0.25, 0.3) is 0 Å². The molecule has 0 radical (unpaired) electrons. The standard InChI is InChI=1S/C15H19N5O5/c1-10-15(20(23)24)11(2)19(17-10)9-14(22)18(3)8-13(21)16-7-12-5-4-6-25-12/h4-6H,7-9H2,1-3H3,(H,16,21). The summed E-state index contributed by atoms with van der Waals surface area (Å²) in [6, 6.07) is 3.44. The topological polar surface area (TPSA) is 124 Å². The maximum atomic E-state index is 12.2. The Kier molecular flexibility index (Phi) is 5.52. The Morgan fingerprint density at radius 3 is 2.72 bits per heavy atom. The number of carbonyl (C=O) groups is 2. The van der Waals surface area contributed by atoms with Gasteiger partial charge in [-0.1, -0.05) is 0 Å². The highest BCUT2D eigenvalue weighted by molar-refractivity contribution is 5.84. The molecule has 0 aliphatic heterocycles. The number of nitrogens with one attached hydrogen (secondary N) is 1. The second-order valence-corrected chi connectivity index (χ2v) is 5.54. The maximum absolute atomic E-state index is 12.2. The van der Waals surface area contributed by atoms with Gasteiger partial charge in [-0.2, -0.15) is 5.10 Å². The van der Waals surface area contributed by atoms with Gasteiger partial charge in [0.2, 0.25) is 11.8 Å². The lowest BCUT2D eigenvalue weighted by Gasteiger charge is -2.17. The van der Waals surface area contributed by atoms with Crippen LogP contribution in [-0.2, 0) is 22.7 Å². The number of hydrogen-bond acceptors (Lipinski definition) is 6. The summed E-state index contributed by atoms with van der Waals surface area (Å²) in [5.74, 6) is -0.113. The van der Waals surface area contributed by atoms with Crippen LogP contribution in [0.3, 0.4) is 0 Å². The van der Waals surface area contributed by atoms with E-state index in [4.69, 9.17) is 4.42 Å². The van der Waals surface area contributed by atoms with Crippen molar-refractivity contribution in [2.24, 2.45) is 0 Å². The van der Waals surface area contributed by atoms with Crippen molar-refractivity contribution in [2.75, 3.05) is 13.6 Å². The molecule has 2 aromatic heterocycles. The van der Waals surface area contributed by atoms with Gasteiger partial charge in [0.05, 0.1) is 24.3 Å². The smallest absolute Gasteiger partial charge is 0.312 e. The van der Waals surface area contributed by atoms with Crippen molar-refractivity contribution in [3.05, 3.63) is 45.7 Å². The van der Waals surface area contributed by atoms with Crippen molar-refractivity contribution in [2.45, 2.75) is 26.9 Å². The molecule has 0 aromatic carbocycles. The highest BCUT2D eigenvalue weighted by atomic mass is 16.6. The summed E-state index contributed by atoms with van der Waals surface area (Å²) < 4.78 is 6.37. The minimum atomic E-state index is -0.523. The lowest BCUT2D eigenvalue weighted by molar-refractivity contribution is -0.386. The van der Waals surface area contributed by atoms with E-state index in [-0.39, 0.29) is 42.8 Å². The predicted molar refractivity (Wildman–Crippen MR) is 86.5 cm³/mol. The van der Waals surface area contributed by atoms with Gasteiger partial charge in [0.15, 0.2) is 0 Å². The Labute approximate surface area is 143 Å². The second-order valence-electron chi connectivity index (χ2n) is 5.54. The first kappa shape index (κ1) is 18.2. The van der Waals surface area contributed by atoms with Gasteiger partial charge in [0, 0.05) is 7.05 Å². The molecule has 0 saturated heterocycles. The third kappa shape index (κ3) is 4.43. The molecule has 1 N–H and O–H groups in total. The van der Waals surface area contributed by atoms with Crippen LogP contribution < -0.4 is 5.32 Å².